The second kappa shape index (κ2) is 6.09. The third-order valence-corrected chi connectivity index (χ3v) is 3.79. The van der Waals surface area contributed by atoms with Crippen molar-refractivity contribution in [3.05, 3.63) is 24.0 Å². The zero-order chi connectivity index (χ0) is 14.7. The van der Waals surface area contributed by atoms with Gasteiger partial charge in [0.2, 0.25) is 0 Å². The molecule has 0 spiro atoms. The normalized spacial score (nSPS) is 23.5. The van der Waals surface area contributed by atoms with Crippen molar-refractivity contribution in [2.45, 2.75) is 51.7 Å². The Labute approximate surface area is 118 Å². The highest BCUT2D eigenvalue weighted by molar-refractivity contribution is 5.92. The zero-order valence-electron chi connectivity index (χ0n) is 11.9. The molecule has 2 atom stereocenters. The Morgan fingerprint density at radius 2 is 2.00 bits per heavy atom. The van der Waals surface area contributed by atoms with E-state index in [4.69, 9.17) is 5.11 Å². The number of hydrogen-bond donors (Lipinski definition) is 2. The van der Waals surface area contributed by atoms with Gasteiger partial charge in [-0.1, -0.05) is 6.42 Å². The van der Waals surface area contributed by atoms with Crippen LogP contribution in [0.15, 0.2) is 18.3 Å². The predicted molar refractivity (Wildman–Crippen MR) is 74.1 cm³/mol. The van der Waals surface area contributed by atoms with E-state index < -0.39 is 5.97 Å². The van der Waals surface area contributed by atoms with E-state index in [1.54, 1.807) is 18.3 Å². The van der Waals surface area contributed by atoms with E-state index in [1.807, 2.05) is 5.01 Å². The summed E-state index contributed by atoms with van der Waals surface area (Å²) in [6, 6.07) is 3.91. The molecular weight excluding hydrogens is 258 g/mol. The van der Waals surface area contributed by atoms with Crippen LogP contribution in [-0.4, -0.2) is 38.6 Å². The number of carbonyl (C=O) groups excluding carboxylic acids is 1. The van der Waals surface area contributed by atoms with E-state index >= 15 is 0 Å². The maximum absolute atomic E-state index is 12.3. The number of aliphatic carboxylic acids is 1. The highest BCUT2D eigenvalue weighted by atomic mass is 16.4. The van der Waals surface area contributed by atoms with Gasteiger partial charge in [-0.2, -0.15) is 0 Å². The lowest BCUT2D eigenvalue weighted by Crippen LogP contribution is -2.54. The van der Waals surface area contributed by atoms with Gasteiger partial charge in [-0.3, -0.25) is 15.0 Å². The average molecular weight is 279 g/mol. The van der Waals surface area contributed by atoms with Crippen LogP contribution >= 0.6 is 0 Å². The third-order valence-electron chi connectivity index (χ3n) is 3.79. The molecule has 1 aliphatic rings. The molecule has 0 radical (unpaired) electrons. The minimum absolute atomic E-state index is 0.207. The van der Waals surface area contributed by atoms with E-state index in [9.17, 15) is 9.59 Å². The first-order valence-corrected chi connectivity index (χ1v) is 6.95. The number of hydrazine groups is 1. The molecule has 6 nitrogen and oxygen atoms in total. The van der Waals surface area contributed by atoms with Crippen LogP contribution < -0.4 is 5.43 Å². The summed E-state index contributed by atoms with van der Waals surface area (Å²) in [5.41, 5.74) is 3.29. The molecule has 2 N–H and O–H groups in total. The van der Waals surface area contributed by atoms with E-state index in [2.05, 4.69) is 19.3 Å². The fourth-order valence-corrected chi connectivity index (χ4v) is 2.72. The van der Waals surface area contributed by atoms with Crippen molar-refractivity contribution in [2.75, 3.05) is 0 Å². The molecule has 1 aliphatic heterocycles. The number of amides is 1. The van der Waals surface area contributed by atoms with E-state index in [1.165, 1.54) is 11.0 Å². The van der Waals surface area contributed by atoms with Crippen molar-refractivity contribution in [2.24, 2.45) is 0 Å². The number of aromatic nitrogens is 1. The minimum atomic E-state index is -0.963. The molecule has 6 heteroatoms. The highest BCUT2D eigenvalue weighted by Gasteiger charge is 2.27. The second-order valence-electron chi connectivity index (χ2n) is 5.39. The van der Waals surface area contributed by atoms with Crippen molar-refractivity contribution >= 4 is 11.9 Å². The fourth-order valence-electron chi connectivity index (χ4n) is 2.72. The standard InChI is InChI=1S/C14H21N3O3/c1-10-5-3-6-11(2)17(10)15-14(20)12-7-4-8-16(12)9-13(18)19/h4,7-8,10-11H,3,5-6,9H2,1-2H3,(H,15,20)(H,18,19). The molecule has 1 amide bonds. The molecule has 2 heterocycles. The van der Waals surface area contributed by atoms with Gasteiger partial charge in [-0.05, 0) is 38.8 Å². The van der Waals surface area contributed by atoms with E-state index in [0.29, 0.717) is 17.8 Å². The van der Waals surface area contributed by atoms with Crippen molar-refractivity contribution in [3.8, 4) is 0 Å². The molecule has 0 saturated carbocycles. The maximum atomic E-state index is 12.3. The Hall–Kier alpha value is -1.82. The summed E-state index contributed by atoms with van der Waals surface area (Å²) in [6.07, 6.45) is 4.89. The summed E-state index contributed by atoms with van der Waals surface area (Å²) >= 11 is 0. The van der Waals surface area contributed by atoms with Crippen molar-refractivity contribution in [1.82, 2.24) is 15.0 Å². The molecule has 0 bridgehead atoms. The first kappa shape index (κ1) is 14.6. The Bertz CT molecular complexity index is 488. The van der Waals surface area contributed by atoms with Crippen LogP contribution in [0.5, 0.6) is 0 Å². The van der Waals surface area contributed by atoms with Crippen molar-refractivity contribution in [3.63, 3.8) is 0 Å². The van der Waals surface area contributed by atoms with Crippen LogP contribution in [-0.2, 0) is 11.3 Å². The number of piperidine rings is 1. The molecule has 0 aliphatic carbocycles. The first-order valence-electron chi connectivity index (χ1n) is 6.95. The van der Waals surface area contributed by atoms with Gasteiger partial charge in [0.1, 0.15) is 12.2 Å². The first-order chi connectivity index (χ1) is 9.49. The number of nitrogens with one attached hydrogen (secondary N) is 1. The van der Waals surface area contributed by atoms with Gasteiger partial charge in [-0.25, -0.2) is 5.01 Å². The molecule has 1 saturated heterocycles. The quantitative estimate of drug-likeness (QED) is 0.875. The van der Waals surface area contributed by atoms with Gasteiger partial charge < -0.3 is 9.67 Å². The van der Waals surface area contributed by atoms with E-state index in [0.717, 1.165) is 12.8 Å². The lowest BCUT2D eigenvalue weighted by Gasteiger charge is -2.38. The summed E-state index contributed by atoms with van der Waals surface area (Å²) in [7, 11) is 0. The second-order valence-corrected chi connectivity index (χ2v) is 5.39. The summed E-state index contributed by atoms with van der Waals surface area (Å²) in [5.74, 6) is -1.22. The number of carboxylic acid groups (broad SMARTS) is 1. The van der Waals surface area contributed by atoms with Gasteiger partial charge in [0.05, 0.1) is 0 Å². The minimum Gasteiger partial charge on any atom is -0.480 e. The van der Waals surface area contributed by atoms with Gasteiger partial charge in [-0.15, -0.1) is 0 Å². The zero-order valence-corrected chi connectivity index (χ0v) is 11.9. The summed E-state index contributed by atoms with van der Waals surface area (Å²) in [6.45, 7) is 3.97. The summed E-state index contributed by atoms with van der Waals surface area (Å²) < 4.78 is 1.44. The molecule has 0 aromatic carbocycles. The molecule has 20 heavy (non-hydrogen) atoms. The van der Waals surface area contributed by atoms with Crippen molar-refractivity contribution < 1.29 is 14.7 Å². The molecule has 1 fully saturated rings. The van der Waals surface area contributed by atoms with E-state index in [-0.39, 0.29) is 12.5 Å². The Balaban J connectivity index is 2.08. The number of nitrogens with zero attached hydrogens (tertiary/aromatic N) is 2. The fraction of sp³-hybridized carbons (Fsp3) is 0.571. The van der Waals surface area contributed by atoms with Gasteiger partial charge >= 0.3 is 5.97 Å². The van der Waals surface area contributed by atoms with Gasteiger partial charge in [0, 0.05) is 18.3 Å². The van der Waals surface area contributed by atoms with Crippen LogP contribution in [0.2, 0.25) is 0 Å². The van der Waals surface area contributed by atoms with Gasteiger partial charge in [0.15, 0.2) is 0 Å². The van der Waals surface area contributed by atoms with Crippen LogP contribution in [0.25, 0.3) is 0 Å². The molecule has 1 aromatic rings. The number of carboxylic acids is 1. The Kier molecular flexibility index (Phi) is 4.44. The largest absolute Gasteiger partial charge is 0.480 e. The smallest absolute Gasteiger partial charge is 0.323 e. The maximum Gasteiger partial charge on any atom is 0.323 e. The molecule has 110 valence electrons. The number of hydrogen-bond acceptors (Lipinski definition) is 3. The number of carbonyl (C=O) groups is 2. The molecular formula is C14H21N3O3. The number of rotatable bonds is 4. The summed E-state index contributed by atoms with van der Waals surface area (Å²) in [5, 5.41) is 10.8. The van der Waals surface area contributed by atoms with Crippen LogP contribution in [0.3, 0.4) is 0 Å². The Morgan fingerprint density at radius 1 is 1.35 bits per heavy atom. The predicted octanol–water partition coefficient (Wildman–Crippen LogP) is 1.48. The van der Waals surface area contributed by atoms with Crippen LogP contribution in [0.4, 0.5) is 0 Å². The van der Waals surface area contributed by atoms with Gasteiger partial charge in [0.25, 0.3) is 5.91 Å². The molecule has 1 aromatic heterocycles. The Morgan fingerprint density at radius 3 is 2.60 bits per heavy atom. The topological polar surface area (TPSA) is 74.6 Å². The van der Waals surface area contributed by atoms with Crippen LogP contribution in [0, 0.1) is 0 Å². The lowest BCUT2D eigenvalue weighted by atomic mass is 10.00. The average Bonchev–Trinajstić information content (AvgIpc) is 2.81. The van der Waals surface area contributed by atoms with Crippen LogP contribution in [0.1, 0.15) is 43.6 Å². The lowest BCUT2D eigenvalue weighted by molar-refractivity contribution is -0.137. The molecule has 2 rings (SSSR count). The SMILES string of the molecule is CC1CCCC(C)N1NC(=O)c1cccn1CC(=O)O. The third kappa shape index (κ3) is 3.19. The van der Waals surface area contributed by atoms with Crippen molar-refractivity contribution in [1.29, 1.82) is 0 Å². The monoisotopic (exact) mass is 279 g/mol. The highest BCUT2D eigenvalue weighted by Crippen LogP contribution is 2.20. The summed E-state index contributed by atoms with van der Waals surface area (Å²) in [4.78, 5) is 23.1. The molecule has 2 unspecified atom stereocenters.